The zero-order valence-corrected chi connectivity index (χ0v) is 14.2. The number of fused-ring (bicyclic) bond motifs is 2. The van der Waals surface area contributed by atoms with Crippen LogP contribution in [-0.4, -0.2) is 36.6 Å². The molecular weight excluding hydrogens is 314 g/mol. The molecule has 0 spiro atoms. The molecule has 4 heteroatoms. The fourth-order valence-electron chi connectivity index (χ4n) is 2.77. The van der Waals surface area contributed by atoms with E-state index in [4.69, 9.17) is 15.3 Å². The molecule has 0 saturated carbocycles. The molecule has 1 N–H and O–H groups in total. The first-order chi connectivity index (χ1) is 13.5. The highest BCUT2D eigenvalue weighted by atomic mass is 16.5. The molecule has 0 aliphatic carbocycles. The second-order valence-electron chi connectivity index (χ2n) is 6.03. The van der Waals surface area contributed by atoms with Crippen molar-refractivity contribution in [3.63, 3.8) is 0 Å². The zero-order valence-electron chi connectivity index (χ0n) is 18.2. The fourth-order valence-corrected chi connectivity index (χ4v) is 2.77. The average molecular weight is 341 g/mol. The Hall–Kier alpha value is -2.59. The molecule has 130 valence electrons. The van der Waals surface area contributed by atoms with E-state index in [1.807, 2.05) is 0 Å². The Morgan fingerprint density at radius 2 is 2.12 bits per heavy atom. The van der Waals surface area contributed by atoms with E-state index in [9.17, 15) is 4.79 Å². The van der Waals surface area contributed by atoms with Gasteiger partial charge in [0, 0.05) is 14.8 Å². The van der Waals surface area contributed by atoms with Gasteiger partial charge in [0.15, 0.2) is 0 Å². The third-order valence-electron chi connectivity index (χ3n) is 3.89. The van der Waals surface area contributed by atoms with Gasteiger partial charge in [0.1, 0.15) is 12.3 Å². The van der Waals surface area contributed by atoms with Crippen LogP contribution in [0.4, 0.5) is 0 Å². The number of nitrogens with zero attached hydrogens (tertiary/aromatic N) is 1. The van der Waals surface area contributed by atoms with Crippen molar-refractivity contribution in [3.05, 3.63) is 70.8 Å². The topological polar surface area (TPSA) is 49.8 Å². The van der Waals surface area contributed by atoms with Crippen LogP contribution in [0.25, 0.3) is 5.57 Å². The number of hydrogen-bond donors (Lipinski definition) is 1. The average Bonchev–Trinajstić information content (AvgIpc) is 2.72. The molecule has 1 aliphatic rings. The van der Waals surface area contributed by atoms with E-state index in [0.29, 0.717) is 27.8 Å². The molecule has 0 unspecified atom stereocenters. The lowest BCUT2D eigenvalue weighted by molar-refractivity contribution is -0.136. The van der Waals surface area contributed by atoms with E-state index in [0.717, 1.165) is 0 Å². The largest absolute Gasteiger partial charge is 0.488 e. The lowest BCUT2D eigenvalue weighted by Gasteiger charge is -2.13. The minimum atomic E-state index is -2.09. The van der Waals surface area contributed by atoms with Crippen LogP contribution in [0.2, 0.25) is 0 Å². The molecule has 25 heavy (non-hydrogen) atoms. The van der Waals surface area contributed by atoms with Crippen LogP contribution in [0.15, 0.2) is 48.5 Å². The third-order valence-corrected chi connectivity index (χ3v) is 3.89. The first-order valence-electron chi connectivity index (χ1n) is 10.0. The third kappa shape index (κ3) is 4.09. The maximum absolute atomic E-state index is 11.2. The summed E-state index contributed by atoms with van der Waals surface area (Å²) in [5.74, 6) is -0.679. The molecule has 2 aromatic rings. The number of ether oxygens (including phenoxy) is 1. The minimum absolute atomic E-state index is 0.0647. The van der Waals surface area contributed by atoms with Gasteiger partial charge < -0.3 is 14.7 Å². The smallest absolute Gasteiger partial charge is 0.307 e. The number of aliphatic carboxylic acids is 1. The molecule has 1 heterocycles. The second-order valence-corrected chi connectivity index (χ2v) is 6.03. The number of carboxylic acids is 1. The maximum atomic E-state index is 11.2. The molecule has 3 rings (SSSR count). The highest BCUT2D eigenvalue weighted by Crippen LogP contribution is 2.37. The van der Waals surface area contributed by atoms with Gasteiger partial charge in [-0.1, -0.05) is 36.4 Å². The van der Waals surface area contributed by atoms with E-state index in [1.165, 1.54) is 4.90 Å². The summed E-state index contributed by atoms with van der Waals surface area (Å²) in [7, 11) is 3.31. The molecule has 0 amide bonds. The van der Waals surface area contributed by atoms with Crippen LogP contribution in [-0.2, 0) is 17.8 Å². The van der Waals surface area contributed by atoms with Gasteiger partial charge in [-0.2, -0.15) is 0 Å². The van der Waals surface area contributed by atoms with Crippen LogP contribution in [0.3, 0.4) is 0 Å². The predicted molar refractivity (Wildman–Crippen MR) is 98.8 cm³/mol. The van der Waals surface area contributed by atoms with Gasteiger partial charge in [0.05, 0.1) is 9.16 Å². The fraction of sp³-hybridized carbons (Fsp3) is 0.286. The Balaban J connectivity index is 2.23. The summed E-state index contributed by atoms with van der Waals surface area (Å²) >= 11 is 0. The van der Waals surface area contributed by atoms with E-state index in [2.05, 4.69) is 0 Å². The van der Waals surface area contributed by atoms with Crippen molar-refractivity contribution < 1.29 is 20.1 Å². The summed E-state index contributed by atoms with van der Waals surface area (Å²) in [5.41, 5.74) is 2.66. The number of benzene rings is 2. The zero-order chi connectivity index (χ0) is 21.4. The lowest BCUT2D eigenvalue weighted by atomic mass is 9.92. The Morgan fingerprint density at radius 3 is 2.88 bits per heavy atom. The molecule has 0 fully saturated rings. The van der Waals surface area contributed by atoms with Gasteiger partial charge in [-0.15, -0.1) is 0 Å². The summed E-state index contributed by atoms with van der Waals surface area (Å²) in [5, 5.41) is 9.14. The molecule has 1 aliphatic heterocycles. The highest BCUT2D eigenvalue weighted by molar-refractivity contribution is 5.85. The first kappa shape index (κ1) is 12.7. The van der Waals surface area contributed by atoms with Gasteiger partial charge in [-0.05, 0) is 54.9 Å². The van der Waals surface area contributed by atoms with Crippen molar-refractivity contribution in [1.29, 1.82) is 0 Å². The van der Waals surface area contributed by atoms with Crippen LogP contribution in [0, 0.1) is 0 Å². The number of carbonyl (C=O) groups is 1. The Bertz CT molecular complexity index is 970. The van der Waals surface area contributed by atoms with Crippen molar-refractivity contribution in [3.8, 4) is 5.75 Å². The Labute approximate surface area is 154 Å². The first-order valence-corrected chi connectivity index (χ1v) is 8.03. The van der Waals surface area contributed by atoms with Crippen LogP contribution < -0.4 is 4.74 Å². The quantitative estimate of drug-likeness (QED) is 0.903. The normalized spacial score (nSPS) is 19.6. The van der Waals surface area contributed by atoms with Crippen LogP contribution in [0.1, 0.15) is 34.2 Å². The Kier molecular flexibility index (Phi) is 3.83. The molecule has 0 atom stereocenters. The van der Waals surface area contributed by atoms with Crippen molar-refractivity contribution in [2.45, 2.75) is 19.4 Å². The molecule has 2 aromatic carbocycles. The van der Waals surface area contributed by atoms with Gasteiger partial charge in [0.25, 0.3) is 0 Å². The molecule has 0 radical (unpaired) electrons. The second kappa shape index (κ2) is 7.53. The summed E-state index contributed by atoms with van der Waals surface area (Å²) in [6.07, 6.45) is 1.62. The summed E-state index contributed by atoms with van der Waals surface area (Å²) in [4.78, 5) is 12.6. The van der Waals surface area contributed by atoms with Gasteiger partial charge in [0.2, 0.25) is 0 Å². The van der Waals surface area contributed by atoms with Gasteiger partial charge >= 0.3 is 5.97 Å². The van der Waals surface area contributed by atoms with Crippen LogP contribution >= 0.6 is 0 Å². The number of carboxylic acid groups (broad SMARTS) is 1. The lowest BCUT2D eigenvalue weighted by Crippen LogP contribution is -2.12. The van der Waals surface area contributed by atoms with Crippen molar-refractivity contribution in [1.82, 2.24) is 4.90 Å². The van der Waals surface area contributed by atoms with Crippen molar-refractivity contribution in [2.75, 3.05) is 20.6 Å². The summed E-state index contributed by atoms with van der Waals surface area (Å²) < 4.78 is 38.9. The van der Waals surface area contributed by atoms with E-state index in [1.54, 1.807) is 62.6 Å². The predicted octanol–water partition coefficient (Wildman–Crippen LogP) is 3.59. The van der Waals surface area contributed by atoms with E-state index in [-0.39, 0.29) is 18.6 Å². The minimum Gasteiger partial charge on any atom is -0.488 e. The van der Waals surface area contributed by atoms with Crippen molar-refractivity contribution >= 4 is 11.5 Å². The van der Waals surface area contributed by atoms with E-state index < -0.39 is 19.0 Å². The van der Waals surface area contributed by atoms with E-state index >= 15 is 0 Å². The molecule has 0 aromatic heterocycles. The molecular formula is C21H23NO3. The van der Waals surface area contributed by atoms with Gasteiger partial charge in [-0.3, -0.25) is 4.79 Å². The standard InChI is InChI=1S/C21H23NO3/c1-22(2)11-5-8-18-17-7-4-3-6-16(17)14-25-20-10-9-15(12-19(18)20)13-21(23)24/h3-4,6-10,12H,5,11,13-14H2,1-2H3,(H,23,24)/b18-8-/i11D2,14D2. The number of hydrogen-bond acceptors (Lipinski definition) is 3. The Morgan fingerprint density at radius 1 is 1.32 bits per heavy atom. The highest BCUT2D eigenvalue weighted by Gasteiger charge is 2.19. The molecule has 4 nitrogen and oxygen atoms in total. The van der Waals surface area contributed by atoms with Gasteiger partial charge in [-0.25, -0.2) is 0 Å². The van der Waals surface area contributed by atoms with Crippen molar-refractivity contribution in [2.24, 2.45) is 0 Å². The summed E-state index contributed by atoms with van der Waals surface area (Å²) in [6.45, 7) is -3.69. The molecule has 0 bridgehead atoms. The maximum Gasteiger partial charge on any atom is 0.307 e. The SMILES string of the molecule is [2H]C1([2H])Oc2ccc(CC(=O)O)cc2/C(=C\CC([2H])([2H])N(C)C)c2ccccc21. The number of rotatable bonds is 5. The van der Waals surface area contributed by atoms with Crippen LogP contribution in [0.5, 0.6) is 5.75 Å². The monoisotopic (exact) mass is 341 g/mol. The summed E-state index contributed by atoms with van der Waals surface area (Å²) in [6, 6.07) is 11.8. The molecule has 0 saturated heterocycles.